The maximum Gasteiger partial charge on any atom is 0.289 e. The van der Waals surface area contributed by atoms with E-state index in [-0.39, 0.29) is 5.91 Å². The predicted molar refractivity (Wildman–Crippen MR) is 132 cm³/mol. The van der Waals surface area contributed by atoms with Gasteiger partial charge >= 0.3 is 0 Å². The van der Waals surface area contributed by atoms with E-state index >= 15 is 0 Å². The van der Waals surface area contributed by atoms with Gasteiger partial charge in [-0.15, -0.1) is 0 Å². The molecule has 2 fully saturated rings. The van der Waals surface area contributed by atoms with E-state index in [1.54, 1.807) is 6.07 Å². The molecule has 0 radical (unpaired) electrons. The summed E-state index contributed by atoms with van der Waals surface area (Å²) in [6, 6.07) is 15.8. The standard InChI is InChI=1S/C25H29N5O3S/c1-28-9-11-30(12-10-28)24(31)22-8-7-20(33-22)18-34-25-26-21(19-5-3-2-4-6-19)17-23(27-25)29-13-15-32-16-14-29/h2-8,17H,9-16,18H2,1H3. The highest BCUT2D eigenvalue weighted by Gasteiger charge is 2.23. The number of hydrogen-bond donors (Lipinski definition) is 0. The molecule has 0 bridgehead atoms. The number of amides is 1. The zero-order chi connectivity index (χ0) is 23.3. The first kappa shape index (κ1) is 22.9. The molecule has 9 heteroatoms. The van der Waals surface area contributed by atoms with Crippen molar-refractivity contribution in [3.05, 3.63) is 60.1 Å². The van der Waals surface area contributed by atoms with Gasteiger partial charge in [0.15, 0.2) is 10.9 Å². The van der Waals surface area contributed by atoms with Crippen LogP contribution in [-0.2, 0) is 10.5 Å². The molecule has 178 valence electrons. The third-order valence-electron chi connectivity index (χ3n) is 6.10. The van der Waals surface area contributed by atoms with Crippen LogP contribution in [0.1, 0.15) is 16.3 Å². The molecule has 2 saturated heterocycles. The van der Waals surface area contributed by atoms with Gasteiger partial charge in [0.05, 0.1) is 24.7 Å². The summed E-state index contributed by atoms with van der Waals surface area (Å²) < 4.78 is 11.4. The Bertz CT molecular complexity index is 1110. The zero-order valence-corrected chi connectivity index (χ0v) is 20.2. The van der Waals surface area contributed by atoms with Crippen molar-refractivity contribution in [2.75, 3.05) is 64.4 Å². The summed E-state index contributed by atoms with van der Waals surface area (Å²) in [6.45, 7) is 6.24. The summed E-state index contributed by atoms with van der Waals surface area (Å²) in [5.41, 5.74) is 1.95. The van der Waals surface area contributed by atoms with Crippen LogP contribution in [0.2, 0.25) is 0 Å². The molecule has 0 aliphatic carbocycles. The molecular weight excluding hydrogens is 450 g/mol. The molecule has 0 atom stereocenters. The second kappa shape index (κ2) is 10.6. The van der Waals surface area contributed by atoms with Crippen molar-refractivity contribution >= 4 is 23.5 Å². The number of thioether (sulfide) groups is 1. The molecule has 0 saturated carbocycles. The van der Waals surface area contributed by atoms with Crippen molar-refractivity contribution < 1.29 is 13.9 Å². The lowest BCUT2D eigenvalue weighted by atomic mass is 10.1. The SMILES string of the molecule is CN1CCN(C(=O)c2ccc(CSc3nc(-c4ccccc4)cc(N4CCOCC4)n3)o2)CC1. The van der Waals surface area contributed by atoms with Gasteiger partial charge in [-0.2, -0.15) is 0 Å². The van der Waals surface area contributed by atoms with Gasteiger partial charge in [0.2, 0.25) is 0 Å². The van der Waals surface area contributed by atoms with Gasteiger partial charge in [-0.25, -0.2) is 9.97 Å². The number of nitrogens with zero attached hydrogens (tertiary/aromatic N) is 5. The van der Waals surface area contributed by atoms with E-state index in [4.69, 9.17) is 19.1 Å². The molecule has 1 amide bonds. The second-order valence-electron chi connectivity index (χ2n) is 8.51. The minimum absolute atomic E-state index is 0.0405. The highest BCUT2D eigenvalue weighted by Crippen LogP contribution is 2.28. The van der Waals surface area contributed by atoms with Gasteiger partial charge in [-0.1, -0.05) is 42.1 Å². The molecule has 0 spiro atoms. The summed E-state index contributed by atoms with van der Waals surface area (Å²) >= 11 is 1.52. The van der Waals surface area contributed by atoms with E-state index in [1.807, 2.05) is 35.2 Å². The number of hydrogen-bond acceptors (Lipinski definition) is 8. The molecule has 5 rings (SSSR count). The Morgan fingerprint density at radius 1 is 0.971 bits per heavy atom. The van der Waals surface area contributed by atoms with E-state index in [9.17, 15) is 4.79 Å². The Morgan fingerprint density at radius 2 is 1.74 bits per heavy atom. The minimum Gasteiger partial charge on any atom is -0.455 e. The summed E-state index contributed by atoms with van der Waals surface area (Å²) in [4.78, 5) is 28.7. The fraction of sp³-hybridized carbons (Fsp3) is 0.400. The summed E-state index contributed by atoms with van der Waals surface area (Å²) in [5.74, 6) is 2.56. The van der Waals surface area contributed by atoms with Crippen LogP contribution in [0.25, 0.3) is 11.3 Å². The Kier molecular flexibility index (Phi) is 7.13. The van der Waals surface area contributed by atoms with E-state index in [0.717, 1.165) is 62.1 Å². The molecule has 3 aromatic rings. The van der Waals surface area contributed by atoms with Gasteiger partial charge in [0.25, 0.3) is 5.91 Å². The molecule has 1 aromatic carbocycles. The smallest absolute Gasteiger partial charge is 0.289 e. The quantitative estimate of drug-likeness (QED) is 0.394. The molecule has 34 heavy (non-hydrogen) atoms. The van der Waals surface area contributed by atoms with Crippen LogP contribution in [0.4, 0.5) is 5.82 Å². The molecule has 2 aromatic heterocycles. The maximum absolute atomic E-state index is 12.8. The number of carbonyl (C=O) groups is 1. The molecular formula is C25H29N5O3S. The first-order valence-corrected chi connectivity index (χ1v) is 12.6. The predicted octanol–water partition coefficient (Wildman–Crippen LogP) is 3.25. The van der Waals surface area contributed by atoms with Crippen molar-refractivity contribution in [1.82, 2.24) is 19.8 Å². The van der Waals surface area contributed by atoms with E-state index in [0.29, 0.717) is 29.9 Å². The van der Waals surface area contributed by atoms with Gasteiger partial charge in [-0.05, 0) is 19.2 Å². The van der Waals surface area contributed by atoms with E-state index < -0.39 is 0 Å². The number of piperazine rings is 1. The zero-order valence-electron chi connectivity index (χ0n) is 19.4. The van der Waals surface area contributed by atoms with Crippen LogP contribution in [0, 0.1) is 0 Å². The van der Waals surface area contributed by atoms with Crippen LogP contribution in [-0.4, -0.2) is 85.2 Å². The number of anilines is 1. The topological polar surface area (TPSA) is 74.9 Å². The lowest BCUT2D eigenvalue weighted by Gasteiger charge is -2.31. The lowest BCUT2D eigenvalue weighted by molar-refractivity contribution is 0.0631. The summed E-state index contributed by atoms with van der Waals surface area (Å²) in [7, 11) is 2.07. The highest BCUT2D eigenvalue weighted by atomic mass is 32.2. The maximum atomic E-state index is 12.8. The van der Waals surface area contributed by atoms with Crippen LogP contribution < -0.4 is 4.90 Å². The molecule has 0 unspecified atom stereocenters. The first-order chi connectivity index (χ1) is 16.7. The normalized spacial score (nSPS) is 17.2. The van der Waals surface area contributed by atoms with Crippen molar-refractivity contribution in [3.8, 4) is 11.3 Å². The second-order valence-corrected chi connectivity index (χ2v) is 9.45. The lowest BCUT2D eigenvalue weighted by Crippen LogP contribution is -2.47. The molecule has 2 aliphatic rings. The average Bonchev–Trinajstić information content (AvgIpc) is 3.37. The fourth-order valence-electron chi connectivity index (χ4n) is 4.06. The number of morpholine rings is 1. The van der Waals surface area contributed by atoms with Crippen LogP contribution in [0.5, 0.6) is 0 Å². The first-order valence-electron chi connectivity index (χ1n) is 11.6. The fourth-order valence-corrected chi connectivity index (χ4v) is 4.81. The molecule has 8 nitrogen and oxygen atoms in total. The third kappa shape index (κ3) is 5.43. The highest BCUT2D eigenvalue weighted by molar-refractivity contribution is 7.98. The minimum atomic E-state index is -0.0405. The Balaban J connectivity index is 1.30. The Labute approximate surface area is 203 Å². The Morgan fingerprint density at radius 3 is 2.50 bits per heavy atom. The number of furan rings is 1. The van der Waals surface area contributed by atoms with Crippen LogP contribution >= 0.6 is 11.8 Å². The number of benzene rings is 1. The largest absolute Gasteiger partial charge is 0.455 e. The van der Waals surface area contributed by atoms with Crippen LogP contribution in [0.3, 0.4) is 0 Å². The number of aromatic nitrogens is 2. The summed E-state index contributed by atoms with van der Waals surface area (Å²) in [6.07, 6.45) is 0. The molecule has 4 heterocycles. The average molecular weight is 480 g/mol. The number of likely N-dealkylation sites (N-methyl/N-ethyl adjacent to an activating group) is 1. The Hall–Kier alpha value is -2.88. The molecule has 0 N–H and O–H groups in total. The number of carbonyl (C=O) groups excluding carboxylic acids is 1. The van der Waals surface area contributed by atoms with E-state index in [1.165, 1.54) is 11.8 Å². The van der Waals surface area contributed by atoms with Crippen molar-refractivity contribution in [2.24, 2.45) is 0 Å². The van der Waals surface area contributed by atoms with Crippen molar-refractivity contribution in [1.29, 1.82) is 0 Å². The third-order valence-corrected chi connectivity index (χ3v) is 6.97. The van der Waals surface area contributed by atoms with Gasteiger partial charge < -0.3 is 23.9 Å². The summed E-state index contributed by atoms with van der Waals surface area (Å²) in [5, 5.41) is 0.686. The van der Waals surface area contributed by atoms with E-state index in [2.05, 4.69) is 29.0 Å². The molecule has 2 aliphatic heterocycles. The number of rotatable bonds is 6. The van der Waals surface area contributed by atoms with Crippen molar-refractivity contribution in [2.45, 2.75) is 10.9 Å². The monoisotopic (exact) mass is 479 g/mol. The number of ether oxygens (including phenoxy) is 1. The van der Waals surface area contributed by atoms with Crippen LogP contribution in [0.15, 0.2) is 58.1 Å². The van der Waals surface area contributed by atoms with Gasteiger partial charge in [0.1, 0.15) is 11.6 Å². The van der Waals surface area contributed by atoms with Gasteiger partial charge in [0, 0.05) is 50.9 Å². The van der Waals surface area contributed by atoms with Gasteiger partial charge in [-0.3, -0.25) is 4.79 Å². The van der Waals surface area contributed by atoms with Crippen molar-refractivity contribution in [3.63, 3.8) is 0 Å².